The van der Waals surface area contributed by atoms with E-state index in [-0.39, 0.29) is 29.6 Å². The van der Waals surface area contributed by atoms with Crippen LogP contribution in [0.25, 0.3) is 21.8 Å². The topological polar surface area (TPSA) is 15.8 Å². The summed E-state index contributed by atoms with van der Waals surface area (Å²) < 4.78 is 2.21. The molecule has 0 unspecified atom stereocenters. The number of nitrogens with one attached hydrogen (secondary N) is 1. The van der Waals surface area contributed by atoms with Crippen LogP contribution < -0.4 is 0 Å². The van der Waals surface area contributed by atoms with Gasteiger partial charge in [0.05, 0.1) is 0 Å². The Kier molecular flexibility index (Phi) is 3.82. The van der Waals surface area contributed by atoms with E-state index in [9.17, 15) is 0 Å². The summed E-state index contributed by atoms with van der Waals surface area (Å²) in [4.78, 5) is 3.39. The first-order valence-electron chi connectivity index (χ1n) is 4.60. The molecular formula is C12H8Br2NNa. The first-order valence-corrected chi connectivity index (χ1v) is 6.19. The van der Waals surface area contributed by atoms with E-state index in [4.69, 9.17) is 0 Å². The molecule has 1 aromatic heterocycles. The van der Waals surface area contributed by atoms with E-state index in [0.29, 0.717) is 0 Å². The van der Waals surface area contributed by atoms with Gasteiger partial charge in [0.15, 0.2) is 0 Å². The van der Waals surface area contributed by atoms with Crippen molar-refractivity contribution in [2.24, 2.45) is 0 Å². The molecule has 1 N–H and O–H groups in total. The fraction of sp³-hybridized carbons (Fsp3) is 0. The van der Waals surface area contributed by atoms with Crippen molar-refractivity contribution in [2.45, 2.75) is 0 Å². The standard InChI is InChI=1S/C12H7Br2N.Na.H/c13-7-1-3-11-9(5-7)10-6-8(14)2-4-12(10)15-11;;/h1-6,15H;;. The maximum absolute atomic E-state index is 3.50. The van der Waals surface area contributed by atoms with E-state index in [2.05, 4.69) is 61.1 Å². The van der Waals surface area contributed by atoms with Gasteiger partial charge < -0.3 is 4.98 Å². The van der Waals surface area contributed by atoms with Crippen molar-refractivity contribution in [1.82, 2.24) is 4.98 Å². The molecule has 0 aliphatic rings. The van der Waals surface area contributed by atoms with E-state index in [1.54, 1.807) is 0 Å². The van der Waals surface area contributed by atoms with Crippen LogP contribution in [0.2, 0.25) is 0 Å². The van der Waals surface area contributed by atoms with Crippen LogP contribution in [0.1, 0.15) is 0 Å². The van der Waals surface area contributed by atoms with E-state index in [1.165, 1.54) is 21.8 Å². The number of aromatic amines is 1. The average Bonchev–Trinajstić information content (AvgIpc) is 2.56. The number of H-pyrrole nitrogens is 1. The molecular weight excluding hydrogens is 341 g/mol. The molecule has 0 saturated carbocycles. The predicted octanol–water partition coefficient (Wildman–Crippen LogP) is 4.20. The number of halogens is 2. The van der Waals surface area contributed by atoms with Crippen LogP contribution in [0.3, 0.4) is 0 Å². The van der Waals surface area contributed by atoms with E-state index >= 15 is 0 Å². The number of hydrogen-bond acceptors (Lipinski definition) is 0. The minimum absolute atomic E-state index is 0. The first kappa shape index (κ1) is 12.7. The number of fused-ring (bicyclic) bond motifs is 3. The van der Waals surface area contributed by atoms with Gasteiger partial charge in [-0.2, -0.15) is 0 Å². The van der Waals surface area contributed by atoms with Gasteiger partial charge in [0.1, 0.15) is 0 Å². The molecule has 0 aliphatic heterocycles. The Hall–Kier alpha value is 0.200. The zero-order valence-electron chi connectivity index (χ0n) is 7.72. The summed E-state index contributed by atoms with van der Waals surface area (Å²) in [6.45, 7) is 0. The second-order valence-corrected chi connectivity index (χ2v) is 5.34. The van der Waals surface area contributed by atoms with Crippen LogP contribution in [0, 0.1) is 0 Å². The Bertz CT molecular complexity index is 604. The van der Waals surface area contributed by atoms with Crippen LogP contribution in [0.5, 0.6) is 0 Å². The predicted molar refractivity (Wildman–Crippen MR) is 78.4 cm³/mol. The quantitative estimate of drug-likeness (QED) is 0.586. The van der Waals surface area contributed by atoms with Gasteiger partial charge in [-0.05, 0) is 36.4 Å². The van der Waals surface area contributed by atoms with Crippen LogP contribution >= 0.6 is 31.9 Å². The Morgan fingerprint density at radius 3 is 1.62 bits per heavy atom. The molecule has 0 spiro atoms. The molecule has 0 atom stereocenters. The molecule has 1 nitrogen and oxygen atoms in total. The molecule has 3 aromatic rings. The van der Waals surface area contributed by atoms with Gasteiger partial charge in [-0.3, -0.25) is 0 Å². The van der Waals surface area contributed by atoms with Gasteiger partial charge in [0, 0.05) is 30.8 Å². The number of rotatable bonds is 0. The van der Waals surface area contributed by atoms with Crippen LogP contribution in [0.15, 0.2) is 45.3 Å². The van der Waals surface area contributed by atoms with Gasteiger partial charge >= 0.3 is 29.6 Å². The number of hydrogen-bond donors (Lipinski definition) is 1. The Morgan fingerprint density at radius 2 is 1.19 bits per heavy atom. The minimum atomic E-state index is 0. The number of aromatic nitrogens is 1. The molecule has 0 amide bonds. The summed E-state index contributed by atoms with van der Waals surface area (Å²) in [7, 11) is 0. The third kappa shape index (κ3) is 2.12. The van der Waals surface area contributed by atoms with Crippen molar-refractivity contribution in [1.29, 1.82) is 0 Å². The fourth-order valence-electron chi connectivity index (χ4n) is 1.84. The fourth-order valence-corrected chi connectivity index (χ4v) is 2.56. The van der Waals surface area contributed by atoms with Crippen molar-refractivity contribution in [3.05, 3.63) is 45.3 Å². The van der Waals surface area contributed by atoms with Crippen molar-refractivity contribution in [3.8, 4) is 0 Å². The number of benzene rings is 2. The van der Waals surface area contributed by atoms with Crippen molar-refractivity contribution >= 4 is 83.2 Å². The van der Waals surface area contributed by atoms with Crippen LogP contribution in [0.4, 0.5) is 0 Å². The Balaban J connectivity index is 0.000000963. The molecule has 0 aliphatic carbocycles. The zero-order chi connectivity index (χ0) is 10.4. The van der Waals surface area contributed by atoms with Crippen LogP contribution in [-0.2, 0) is 0 Å². The van der Waals surface area contributed by atoms with E-state index in [1.807, 2.05) is 12.1 Å². The molecule has 3 rings (SSSR count). The summed E-state index contributed by atoms with van der Waals surface area (Å²) >= 11 is 6.99. The Labute approximate surface area is 132 Å². The zero-order valence-corrected chi connectivity index (χ0v) is 10.9. The normalized spacial score (nSPS) is 10.6. The van der Waals surface area contributed by atoms with Crippen LogP contribution in [-0.4, -0.2) is 34.5 Å². The maximum atomic E-state index is 3.50. The molecule has 0 radical (unpaired) electrons. The van der Waals surface area contributed by atoms with Gasteiger partial charge in [-0.15, -0.1) is 0 Å². The van der Waals surface area contributed by atoms with Gasteiger partial charge in [0.2, 0.25) is 0 Å². The summed E-state index contributed by atoms with van der Waals surface area (Å²) in [5, 5.41) is 2.50. The first-order chi connectivity index (χ1) is 7.24. The SMILES string of the molecule is Brc1ccc2[nH]c3ccc(Br)cc3c2c1.[NaH]. The monoisotopic (exact) mass is 347 g/mol. The Morgan fingerprint density at radius 1 is 0.750 bits per heavy atom. The molecule has 1 heterocycles. The molecule has 0 saturated heterocycles. The third-order valence-corrected chi connectivity index (χ3v) is 3.51. The summed E-state index contributed by atoms with van der Waals surface area (Å²) in [5.74, 6) is 0. The second-order valence-electron chi connectivity index (χ2n) is 3.50. The van der Waals surface area contributed by atoms with E-state index < -0.39 is 0 Å². The summed E-state index contributed by atoms with van der Waals surface area (Å²) in [6.07, 6.45) is 0. The molecule has 76 valence electrons. The molecule has 0 bridgehead atoms. The van der Waals surface area contributed by atoms with E-state index in [0.717, 1.165) is 8.95 Å². The third-order valence-electron chi connectivity index (χ3n) is 2.52. The molecule has 16 heavy (non-hydrogen) atoms. The van der Waals surface area contributed by atoms with Gasteiger partial charge in [0.25, 0.3) is 0 Å². The average molecular weight is 349 g/mol. The van der Waals surface area contributed by atoms with Crippen molar-refractivity contribution in [3.63, 3.8) is 0 Å². The van der Waals surface area contributed by atoms with Crippen molar-refractivity contribution in [2.75, 3.05) is 0 Å². The van der Waals surface area contributed by atoms with Crippen molar-refractivity contribution < 1.29 is 0 Å². The molecule has 2 aromatic carbocycles. The van der Waals surface area contributed by atoms with Gasteiger partial charge in [-0.25, -0.2) is 0 Å². The molecule has 0 fully saturated rings. The van der Waals surface area contributed by atoms with Gasteiger partial charge in [-0.1, -0.05) is 31.9 Å². The summed E-state index contributed by atoms with van der Waals surface area (Å²) in [5.41, 5.74) is 2.35. The molecule has 4 heteroatoms. The second kappa shape index (κ2) is 4.83. The summed E-state index contributed by atoms with van der Waals surface area (Å²) in [6, 6.07) is 12.6.